The molecule has 0 N–H and O–H groups in total. The Hall–Kier alpha value is -0.870. The summed E-state index contributed by atoms with van der Waals surface area (Å²) in [5.74, 6) is 1.53. The third kappa shape index (κ3) is 3.00. The van der Waals surface area contributed by atoms with E-state index in [0.717, 1.165) is 29.8 Å². The van der Waals surface area contributed by atoms with Crippen molar-refractivity contribution in [2.75, 3.05) is 12.1 Å². The van der Waals surface area contributed by atoms with E-state index in [1.54, 1.807) is 6.26 Å². The molecule has 1 heterocycles. The normalized spacial score (nSPS) is 14.7. The van der Waals surface area contributed by atoms with Crippen LogP contribution in [0.3, 0.4) is 0 Å². The van der Waals surface area contributed by atoms with Crippen LogP contribution in [0.5, 0.6) is 0 Å². The predicted molar refractivity (Wildman–Crippen MR) is 82.4 cm³/mol. The van der Waals surface area contributed by atoms with Gasteiger partial charge in [0.25, 0.3) is 0 Å². The van der Waals surface area contributed by atoms with Gasteiger partial charge in [-0.05, 0) is 25.5 Å². The first-order chi connectivity index (χ1) is 9.04. The largest absolute Gasteiger partial charge is 0.327 e. The molecule has 0 radical (unpaired) electrons. The number of aryl methyl sites for hydroxylation is 2. The lowest BCUT2D eigenvalue weighted by Gasteiger charge is -2.14. The number of rotatable bonds is 5. The fraction of sp³-hybridized carbons (Fsp3) is 0.500. The molecule has 3 nitrogen and oxygen atoms in total. The lowest BCUT2D eigenvalue weighted by molar-refractivity contribution is 0.635. The van der Waals surface area contributed by atoms with E-state index in [1.807, 2.05) is 19.1 Å². The standard InChI is InChI=1S/C14H19ClN2OS/c1-10-5-4-6-12-14(10)17(9-11(2)19(3)18)13(16-12)7-8-15/h4-6,11H,7-9H2,1-3H3. The number of alkyl halides is 1. The van der Waals surface area contributed by atoms with E-state index in [-0.39, 0.29) is 5.25 Å². The van der Waals surface area contributed by atoms with Gasteiger partial charge in [-0.15, -0.1) is 11.6 Å². The second kappa shape index (κ2) is 6.06. The Labute approximate surface area is 121 Å². The number of fused-ring (bicyclic) bond motifs is 1. The maximum Gasteiger partial charge on any atom is 0.111 e. The highest BCUT2D eigenvalue weighted by atomic mass is 35.5. The molecule has 1 aromatic carbocycles. The third-order valence-electron chi connectivity index (χ3n) is 3.37. The van der Waals surface area contributed by atoms with Crippen LogP contribution in [0.25, 0.3) is 11.0 Å². The zero-order valence-electron chi connectivity index (χ0n) is 11.5. The summed E-state index contributed by atoms with van der Waals surface area (Å²) in [7, 11) is -0.838. The van der Waals surface area contributed by atoms with Crippen molar-refractivity contribution in [1.82, 2.24) is 9.55 Å². The second-order valence-corrected chi connectivity index (χ2v) is 7.01. The smallest absolute Gasteiger partial charge is 0.111 e. The molecule has 2 aromatic rings. The SMILES string of the molecule is Cc1cccc2nc(CCCl)n(CC(C)S(C)=O)c12. The zero-order chi connectivity index (χ0) is 14.0. The molecule has 2 atom stereocenters. The molecule has 1 aromatic heterocycles. The number of hydrogen-bond donors (Lipinski definition) is 0. The minimum atomic E-state index is -0.838. The number of para-hydroxylation sites is 1. The highest BCUT2D eigenvalue weighted by Crippen LogP contribution is 2.21. The van der Waals surface area contributed by atoms with Gasteiger partial charge in [0, 0.05) is 41.2 Å². The summed E-state index contributed by atoms with van der Waals surface area (Å²) >= 11 is 5.86. The van der Waals surface area contributed by atoms with E-state index in [9.17, 15) is 4.21 Å². The maximum absolute atomic E-state index is 11.6. The van der Waals surface area contributed by atoms with Gasteiger partial charge in [0.1, 0.15) is 5.82 Å². The van der Waals surface area contributed by atoms with Gasteiger partial charge in [-0.3, -0.25) is 4.21 Å². The van der Waals surface area contributed by atoms with Crippen LogP contribution in [0.1, 0.15) is 18.3 Å². The van der Waals surface area contributed by atoms with Gasteiger partial charge in [-0.1, -0.05) is 12.1 Å². The number of benzene rings is 1. The predicted octanol–water partition coefficient (Wildman–Crippen LogP) is 2.89. The third-order valence-corrected chi connectivity index (χ3v) is 4.84. The molecule has 0 fully saturated rings. The molecule has 0 bridgehead atoms. The molecule has 2 rings (SSSR count). The molecule has 104 valence electrons. The molecule has 0 spiro atoms. The minimum Gasteiger partial charge on any atom is -0.327 e. The van der Waals surface area contributed by atoms with Crippen molar-refractivity contribution in [2.24, 2.45) is 0 Å². The van der Waals surface area contributed by atoms with Crippen molar-refractivity contribution in [2.45, 2.75) is 32.1 Å². The Kier molecular flexibility index (Phi) is 4.63. The van der Waals surface area contributed by atoms with Crippen LogP contribution in [0.2, 0.25) is 0 Å². The van der Waals surface area contributed by atoms with Crippen molar-refractivity contribution in [3.63, 3.8) is 0 Å². The average molecular weight is 299 g/mol. The molecule has 0 aliphatic rings. The van der Waals surface area contributed by atoms with Crippen LogP contribution in [0, 0.1) is 6.92 Å². The molecule has 0 aliphatic carbocycles. The highest BCUT2D eigenvalue weighted by Gasteiger charge is 2.15. The molecule has 0 saturated heterocycles. The van der Waals surface area contributed by atoms with Gasteiger partial charge >= 0.3 is 0 Å². The van der Waals surface area contributed by atoms with Crippen LogP contribution < -0.4 is 0 Å². The summed E-state index contributed by atoms with van der Waals surface area (Å²) in [5.41, 5.74) is 3.33. The van der Waals surface area contributed by atoms with Gasteiger partial charge < -0.3 is 4.57 Å². The number of aromatic nitrogens is 2. The van der Waals surface area contributed by atoms with E-state index in [1.165, 1.54) is 5.56 Å². The van der Waals surface area contributed by atoms with Crippen molar-refractivity contribution in [3.05, 3.63) is 29.6 Å². The Balaban J connectivity index is 2.54. The van der Waals surface area contributed by atoms with Gasteiger partial charge in [0.2, 0.25) is 0 Å². The van der Waals surface area contributed by atoms with Crippen LogP contribution in [0.15, 0.2) is 18.2 Å². The van der Waals surface area contributed by atoms with Crippen molar-refractivity contribution in [3.8, 4) is 0 Å². The lowest BCUT2D eigenvalue weighted by atomic mass is 10.2. The fourth-order valence-electron chi connectivity index (χ4n) is 2.25. The fourth-order valence-corrected chi connectivity index (χ4v) is 2.78. The van der Waals surface area contributed by atoms with E-state index in [0.29, 0.717) is 5.88 Å². The molecular formula is C14H19ClN2OS. The number of hydrogen-bond acceptors (Lipinski definition) is 2. The van der Waals surface area contributed by atoms with Crippen LogP contribution >= 0.6 is 11.6 Å². The van der Waals surface area contributed by atoms with Gasteiger partial charge in [-0.2, -0.15) is 0 Å². The number of nitrogens with zero attached hydrogens (tertiary/aromatic N) is 2. The topological polar surface area (TPSA) is 34.9 Å². The second-order valence-electron chi connectivity index (χ2n) is 4.83. The minimum absolute atomic E-state index is 0.103. The first-order valence-corrected chi connectivity index (χ1v) is 8.53. The molecule has 0 aliphatic heterocycles. The summed E-state index contributed by atoms with van der Waals surface area (Å²) in [6, 6.07) is 6.11. The quantitative estimate of drug-likeness (QED) is 0.796. The van der Waals surface area contributed by atoms with Crippen molar-refractivity contribution < 1.29 is 4.21 Å². The molecule has 2 unspecified atom stereocenters. The van der Waals surface area contributed by atoms with E-state index in [2.05, 4.69) is 22.5 Å². The monoisotopic (exact) mass is 298 g/mol. The van der Waals surface area contributed by atoms with Crippen LogP contribution in [0.4, 0.5) is 0 Å². The van der Waals surface area contributed by atoms with Crippen molar-refractivity contribution >= 4 is 33.4 Å². The Morgan fingerprint density at radius 2 is 2.21 bits per heavy atom. The summed E-state index contributed by atoms with van der Waals surface area (Å²) in [4.78, 5) is 4.66. The Morgan fingerprint density at radius 1 is 1.47 bits per heavy atom. The molecule has 19 heavy (non-hydrogen) atoms. The van der Waals surface area contributed by atoms with Crippen LogP contribution in [-0.4, -0.2) is 31.1 Å². The summed E-state index contributed by atoms with van der Waals surface area (Å²) in [6.45, 7) is 4.81. The first kappa shape index (κ1) is 14.5. The summed E-state index contributed by atoms with van der Waals surface area (Å²) < 4.78 is 13.8. The highest BCUT2D eigenvalue weighted by molar-refractivity contribution is 7.84. The number of imidazole rings is 1. The van der Waals surface area contributed by atoms with E-state index in [4.69, 9.17) is 11.6 Å². The van der Waals surface area contributed by atoms with Crippen LogP contribution in [-0.2, 0) is 23.8 Å². The zero-order valence-corrected chi connectivity index (χ0v) is 13.1. The van der Waals surface area contributed by atoms with Gasteiger partial charge in [0.05, 0.1) is 11.0 Å². The van der Waals surface area contributed by atoms with Crippen molar-refractivity contribution in [1.29, 1.82) is 0 Å². The Morgan fingerprint density at radius 3 is 2.84 bits per heavy atom. The number of halogens is 1. The lowest BCUT2D eigenvalue weighted by Crippen LogP contribution is -2.19. The molecule has 0 saturated carbocycles. The average Bonchev–Trinajstić information content (AvgIpc) is 2.69. The van der Waals surface area contributed by atoms with E-state index >= 15 is 0 Å². The molecular weight excluding hydrogens is 280 g/mol. The van der Waals surface area contributed by atoms with Gasteiger partial charge in [0.15, 0.2) is 0 Å². The van der Waals surface area contributed by atoms with E-state index < -0.39 is 10.8 Å². The summed E-state index contributed by atoms with van der Waals surface area (Å²) in [6.07, 6.45) is 2.48. The summed E-state index contributed by atoms with van der Waals surface area (Å²) in [5, 5.41) is 0.103. The maximum atomic E-state index is 11.6. The first-order valence-electron chi connectivity index (χ1n) is 6.37. The molecule has 5 heteroatoms. The molecule has 0 amide bonds. The van der Waals surface area contributed by atoms with Gasteiger partial charge in [-0.25, -0.2) is 4.98 Å². The Bertz CT molecular complexity index is 609.